The molecule has 2 aromatic rings. The number of halogens is 3. The van der Waals surface area contributed by atoms with Gasteiger partial charge in [0, 0.05) is 15.2 Å². The molecule has 0 aliphatic heterocycles. The maximum Gasteiger partial charge on any atom is 0.100 e. The van der Waals surface area contributed by atoms with Crippen LogP contribution in [0.2, 0.25) is 10.0 Å². The van der Waals surface area contributed by atoms with Gasteiger partial charge in [-0.15, -0.1) is 0 Å². The highest BCUT2D eigenvalue weighted by atomic mass is 79.9. The molecule has 2 aromatic carbocycles. The summed E-state index contributed by atoms with van der Waals surface area (Å²) >= 11 is 15.2. The monoisotopic (exact) mass is 340 g/mol. The van der Waals surface area contributed by atoms with Gasteiger partial charge in [0.25, 0.3) is 0 Å². The Morgan fingerprint density at radius 1 is 1.11 bits per heavy atom. The average molecular weight is 342 g/mol. The number of nitrogens with zero attached hydrogens (tertiary/aromatic N) is 1. The number of nitrogens with one attached hydrogen (secondary N) is 1. The van der Waals surface area contributed by atoms with Crippen molar-refractivity contribution in [2.45, 2.75) is 0 Å². The molecule has 0 aliphatic carbocycles. The summed E-state index contributed by atoms with van der Waals surface area (Å²) in [5.74, 6) is 0. The molecule has 0 bridgehead atoms. The Bertz CT molecular complexity index is 635. The molecule has 0 aromatic heterocycles. The molecular formula is C13H7BrCl2N2. The third kappa shape index (κ3) is 2.97. The van der Waals surface area contributed by atoms with E-state index >= 15 is 0 Å². The molecule has 18 heavy (non-hydrogen) atoms. The SMILES string of the molecule is N#Cc1ccc(Nc2ccc(Cl)cc2Cl)cc1Br. The number of rotatable bonds is 2. The second-order valence-electron chi connectivity index (χ2n) is 3.56. The summed E-state index contributed by atoms with van der Waals surface area (Å²) in [5.41, 5.74) is 2.19. The molecule has 0 spiro atoms. The highest BCUT2D eigenvalue weighted by Crippen LogP contribution is 2.29. The van der Waals surface area contributed by atoms with Gasteiger partial charge in [-0.25, -0.2) is 0 Å². The molecule has 0 heterocycles. The standard InChI is InChI=1S/C13H7BrCl2N2/c14-11-6-10(3-1-8(11)7-17)18-13-4-2-9(15)5-12(13)16/h1-6,18H. The number of hydrogen-bond acceptors (Lipinski definition) is 2. The van der Waals surface area contributed by atoms with Gasteiger partial charge in [0.2, 0.25) is 0 Å². The smallest absolute Gasteiger partial charge is 0.100 e. The van der Waals surface area contributed by atoms with Crippen LogP contribution in [-0.2, 0) is 0 Å². The minimum Gasteiger partial charge on any atom is -0.354 e. The molecule has 2 rings (SSSR count). The molecular weight excluding hydrogens is 335 g/mol. The van der Waals surface area contributed by atoms with Crippen LogP contribution in [0, 0.1) is 11.3 Å². The van der Waals surface area contributed by atoms with Crippen LogP contribution in [-0.4, -0.2) is 0 Å². The van der Waals surface area contributed by atoms with Crippen molar-refractivity contribution >= 4 is 50.5 Å². The van der Waals surface area contributed by atoms with Gasteiger partial charge in [0.15, 0.2) is 0 Å². The van der Waals surface area contributed by atoms with E-state index in [1.807, 2.05) is 12.1 Å². The number of nitriles is 1. The predicted octanol–water partition coefficient (Wildman–Crippen LogP) is 5.37. The highest BCUT2D eigenvalue weighted by Gasteiger charge is 2.04. The Morgan fingerprint density at radius 3 is 2.50 bits per heavy atom. The summed E-state index contributed by atoms with van der Waals surface area (Å²) in [6, 6.07) is 12.7. The predicted molar refractivity (Wildman–Crippen MR) is 78.6 cm³/mol. The summed E-state index contributed by atoms with van der Waals surface area (Å²) in [6.45, 7) is 0. The molecule has 0 radical (unpaired) electrons. The van der Waals surface area contributed by atoms with Crippen LogP contribution in [0.5, 0.6) is 0 Å². The van der Waals surface area contributed by atoms with Gasteiger partial charge in [-0.05, 0) is 52.3 Å². The fourth-order valence-corrected chi connectivity index (χ4v) is 2.35. The Balaban J connectivity index is 2.29. The zero-order chi connectivity index (χ0) is 13.1. The molecule has 5 heteroatoms. The van der Waals surface area contributed by atoms with Gasteiger partial charge in [0.1, 0.15) is 6.07 Å². The largest absolute Gasteiger partial charge is 0.354 e. The Hall–Kier alpha value is -1.21. The summed E-state index contributed by atoms with van der Waals surface area (Å²) in [5, 5.41) is 13.1. The van der Waals surface area contributed by atoms with Gasteiger partial charge < -0.3 is 5.32 Å². The van der Waals surface area contributed by atoms with Crippen molar-refractivity contribution in [3.8, 4) is 6.07 Å². The first-order valence-electron chi connectivity index (χ1n) is 5.02. The van der Waals surface area contributed by atoms with E-state index in [-0.39, 0.29) is 0 Å². The molecule has 0 atom stereocenters. The summed E-state index contributed by atoms with van der Waals surface area (Å²) < 4.78 is 0.736. The molecule has 0 aliphatic rings. The van der Waals surface area contributed by atoms with Gasteiger partial charge in [-0.2, -0.15) is 5.26 Å². The summed E-state index contributed by atoms with van der Waals surface area (Å²) in [4.78, 5) is 0. The van der Waals surface area contributed by atoms with Crippen molar-refractivity contribution in [3.63, 3.8) is 0 Å². The fourth-order valence-electron chi connectivity index (χ4n) is 1.43. The molecule has 0 amide bonds. The molecule has 1 N–H and O–H groups in total. The van der Waals surface area contributed by atoms with Gasteiger partial charge in [-0.1, -0.05) is 23.2 Å². The van der Waals surface area contributed by atoms with E-state index < -0.39 is 0 Å². The van der Waals surface area contributed by atoms with Crippen molar-refractivity contribution in [2.75, 3.05) is 5.32 Å². The van der Waals surface area contributed by atoms with Crippen molar-refractivity contribution in [2.24, 2.45) is 0 Å². The number of hydrogen-bond donors (Lipinski definition) is 1. The molecule has 0 unspecified atom stereocenters. The lowest BCUT2D eigenvalue weighted by molar-refractivity contribution is 1.45. The molecule has 0 saturated heterocycles. The Morgan fingerprint density at radius 2 is 1.89 bits per heavy atom. The Kier molecular flexibility index (Phi) is 4.13. The van der Waals surface area contributed by atoms with Gasteiger partial charge in [0.05, 0.1) is 16.3 Å². The third-order valence-corrected chi connectivity index (χ3v) is 3.50. The summed E-state index contributed by atoms with van der Waals surface area (Å²) in [6.07, 6.45) is 0. The van der Waals surface area contributed by atoms with Gasteiger partial charge >= 0.3 is 0 Å². The van der Waals surface area contributed by atoms with Crippen LogP contribution in [0.25, 0.3) is 0 Å². The zero-order valence-electron chi connectivity index (χ0n) is 9.05. The maximum absolute atomic E-state index is 8.84. The van der Waals surface area contributed by atoms with E-state index in [0.29, 0.717) is 15.6 Å². The van der Waals surface area contributed by atoms with Crippen LogP contribution in [0.4, 0.5) is 11.4 Å². The van der Waals surface area contributed by atoms with Crippen molar-refractivity contribution < 1.29 is 0 Å². The normalized spacial score (nSPS) is 9.89. The van der Waals surface area contributed by atoms with E-state index in [1.165, 1.54) is 0 Å². The second-order valence-corrected chi connectivity index (χ2v) is 5.25. The fraction of sp³-hybridized carbons (Fsp3) is 0. The van der Waals surface area contributed by atoms with E-state index in [0.717, 1.165) is 15.8 Å². The maximum atomic E-state index is 8.84. The van der Waals surface area contributed by atoms with Crippen molar-refractivity contribution in [3.05, 3.63) is 56.5 Å². The minimum absolute atomic E-state index is 0.544. The average Bonchev–Trinajstić information content (AvgIpc) is 2.33. The molecule has 0 fully saturated rings. The van der Waals surface area contributed by atoms with E-state index in [1.54, 1.807) is 24.3 Å². The van der Waals surface area contributed by atoms with Crippen LogP contribution in [0.15, 0.2) is 40.9 Å². The number of anilines is 2. The van der Waals surface area contributed by atoms with Crippen LogP contribution in [0.1, 0.15) is 5.56 Å². The van der Waals surface area contributed by atoms with E-state index in [9.17, 15) is 0 Å². The first-order chi connectivity index (χ1) is 8.60. The number of benzene rings is 2. The Labute approximate surface area is 123 Å². The first kappa shape index (κ1) is 13.2. The van der Waals surface area contributed by atoms with E-state index in [2.05, 4.69) is 27.3 Å². The topological polar surface area (TPSA) is 35.8 Å². The van der Waals surface area contributed by atoms with Crippen molar-refractivity contribution in [1.29, 1.82) is 5.26 Å². The lowest BCUT2D eigenvalue weighted by Crippen LogP contribution is -1.92. The molecule has 90 valence electrons. The van der Waals surface area contributed by atoms with Crippen LogP contribution in [0.3, 0.4) is 0 Å². The lowest BCUT2D eigenvalue weighted by Gasteiger charge is -2.09. The van der Waals surface area contributed by atoms with Crippen LogP contribution >= 0.6 is 39.1 Å². The third-order valence-electron chi connectivity index (χ3n) is 2.30. The summed E-state index contributed by atoms with van der Waals surface area (Å²) in [7, 11) is 0. The van der Waals surface area contributed by atoms with Crippen LogP contribution < -0.4 is 5.32 Å². The van der Waals surface area contributed by atoms with E-state index in [4.69, 9.17) is 28.5 Å². The minimum atomic E-state index is 0.544. The molecule has 0 saturated carbocycles. The lowest BCUT2D eigenvalue weighted by atomic mass is 10.2. The van der Waals surface area contributed by atoms with Crippen molar-refractivity contribution in [1.82, 2.24) is 0 Å². The zero-order valence-corrected chi connectivity index (χ0v) is 12.1. The first-order valence-corrected chi connectivity index (χ1v) is 6.57. The molecule has 2 nitrogen and oxygen atoms in total. The van der Waals surface area contributed by atoms with Gasteiger partial charge in [-0.3, -0.25) is 0 Å². The highest BCUT2D eigenvalue weighted by molar-refractivity contribution is 9.10. The quantitative estimate of drug-likeness (QED) is 0.796. The second kappa shape index (κ2) is 5.62.